The van der Waals surface area contributed by atoms with Gasteiger partial charge in [0.2, 0.25) is 0 Å². The van der Waals surface area contributed by atoms with Gasteiger partial charge in [0, 0.05) is 43.6 Å². The number of thiophene rings is 1. The fourth-order valence-corrected chi connectivity index (χ4v) is 5.21. The summed E-state index contributed by atoms with van der Waals surface area (Å²) >= 11 is 1.75. The Hall–Kier alpha value is -0.910. The summed E-state index contributed by atoms with van der Waals surface area (Å²) < 4.78 is 0. The van der Waals surface area contributed by atoms with Gasteiger partial charge in [0.15, 0.2) is 0 Å². The summed E-state index contributed by atoms with van der Waals surface area (Å²) in [6.45, 7) is 6.10. The smallest absolute Gasteiger partial charge is 0.264 e. The number of rotatable bonds is 2. The zero-order valence-electron chi connectivity index (χ0n) is 13.1. The molecule has 0 radical (unpaired) electrons. The summed E-state index contributed by atoms with van der Waals surface area (Å²) in [5, 5.41) is 3.44. The SMILES string of the molecule is O=C(c1cc2c(s1)CCCC2)N1CCN(C2CCNC2)CC1. The maximum Gasteiger partial charge on any atom is 0.264 e. The van der Waals surface area contributed by atoms with E-state index in [2.05, 4.69) is 21.2 Å². The molecular weight excluding hydrogens is 294 g/mol. The minimum Gasteiger partial charge on any atom is -0.335 e. The lowest BCUT2D eigenvalue weighted by atomic mass is 9.99. The van der Waals surface area contributed by atoms with Crippen molar-refractivity contribution in [2.45, 2.75) is 38.1 Å². The zero-order chi connectivity index (χ0) is 14.9. The van der Waals surface area contributed by atoms with Crippen molar-refractivity contribution in [1.29, 1.82) is 0 Å². The van der Waals surface area contributed by atoms with Gasteiger partial charge in [-0.15, -0.1) is 11.3 Å². The quantitative estimate of drug-likeness (QED) is 0.902. The van der Waals surface area contributed by atoms with Crippen molar-refractivity contribution in [3.8, 4) is 0 Å². The average Bonchev–Trinajstić information content (AvgIpc) is 3.23. The van der Waals surface area contributed by atoms with Crippen molar-refractivity contribution in [1.82, 2.24) is 15.1 Å². The van der Waals surface area contributed by atoms with E-state index < -0.39 is 0 Å². The van der Waals surface area contributed by atoms with Crippen molar-refractivity contribution in [3.63, 3.8) is 0 Å². The molecular formula is C17H25N3OS. The highest BCUT2D eigenvalue weighted by atomic mass is 32.1. The van der Waals surface area contributed by atoms with Crippen molar-refractivity contribution >= 4 is 17.2 Å². The van der Waals surface area contributed by atoms with Crippen LogP contribution in [0.4, 0.5) is 0 Å². The predicted molar refractivity (Wildman–Crippen MR) is 89.7 cm³/mol. The standard InChI is InChI=1S/C17H25N3OS/c21-17(16-11-13-3-1-2-4-15(13)22-16)20-9-7-19(8-10-20)14-5-6-18-12-14/h11,14,18H,1-10,12H2. The number of carbonyl (C=O) groups is 1. The van der Waals surface area contributed by atoms with Crippen LogP contribution in [0.3, 0.4) is 0 Å². The van der Waals surface area contributed by atoms with Gasteiger partial charge in [0.1, 0.15) is 0 Å². The molecule has 4 rings (SSSR count). The van der Waals surface area contributed by atoms with Gasteiger partial charge in [-0.25, -0.2) is 0 Å². The number of aryl methyl sites for hydroxylation is 2. The highest BCUT2D eigenvalue weighted by molar-refractivity contribution is 7.14. The third-order valence-corrected chi connectivity index (χ3v) is 6.58. The minimum atomic E-state index is 0.267. The van der Waals surface area contributed by atoms with E-state index in [4.69, 9.17) is 0 Å². The maximum absolute atomic E-state index is 12.8. The Bertz CT molecular complexity index is 519. The number of carbonyl (C=O) groups excluding carboxylic acids is 1. The molecule has 3 aliphatic rings. The van der Waals surface area contributed by atoms with Gasteiger partial charge in [0.05, 0.1) is 4.88 Å². The van der Waals surface area contributed by atoms with Gasteiger partial charge in [-0.3, -0.25) is 9.69 Å². The van der Waals surface area contributed by atoms with Crippen molar-refractivity contribution in [2.24, 2.45) is 0 Å². The van der Waals surface area contributed by atoms with Gasteiger partial charge in [-0.2, -0.15) is 0 Å². The normalized spacial score (nSPS) is 26.2. The first-order valence-corrected chi connectivity index (χ1v) is 9.48. The van der Waals surface area contributed by atoms with Crippen LogP contribution >= 0.6 is 11.3 Å². The molecule has 1 atom stereocenters. The summed E-state index contributed by atoms with van der Waals surface area (Å²) in [5.41, 5.74) is 1.44. The summed E-state index contributed by atoms with van der Waals surface area (Å²) in [5.74, 6) is 0.267. The van der Waals surface area contributed by atoms with Crippen LogP contribution in [0.15, 0.2) is 6.07 Å². The molecule has 22 heavy (non-hydrogen) atoms. The molecule has 0 saturated carbocycles. The fraction of sp³-hybridized carbons (Fsp3) is 0.706. The lowest BCUT2D eigenvalue weighted by Crippen LogP contribution is -2.52. The summed E-state index contributed by atoms with van der Waals surface area (Å²) in [7, 11) is 0. The molecule has 1 aliphatic carbocycles. The van der Waals surface area contributed by atoms with Gasteiger partial charge in [0.25, 0.3) is 5.91 Å². The molecule has 1 amide bonds. The van der Waals surface area contributed by atoms with Crippen LogP contribution in [0.2, 0.25) is 0 Å². The average molecular weight is 319 g/mol. The molecule has 1 unspecified atom stereocenters. The maximum atomic E-state index is 12.8. The van der Waals surface area contributed by atoms with E-state index in [1.807, 2.05) is 0 Å². The largest absolute Gasteiger partial charge is 0.335 e. The topological polar surface area (TPSA) is 35.6 Å². The van der Waals surface area contributed by atoms with Crippen molar-refractivity contribution in [3.05, 3.63) is 21.4 Å². The zero-order valence-corrected chi connectivity index (χ0v) is 14.0. The van der Waals surface area contributed by atoms with E-state index in [1.54, 1.807) is 11.3 Å². The van der Waals surface area contributed by atoms with Crippen LogP contribution < -0.4 is 5.32 Å². The van der Waals surface area contributed by atoms with E-state index in [0.29, 0.717) is 6.04 Å². The Kier molecular flexibility index (Phi) is 4.20. The molecule has 0 bridgehead atoms. The number of nitrogens with one attached hydrogen (secondary N) is 1. The van der Waals surface area contributed by atoms with E-state index in [0.717, 1.165) is 44.1 Å². The first-order valence-electron chi connectivity index (χ1n) is 8.67. The van der Waals surface area contributed by atoms with Crippen LogP contribution in [0.5, 0.6) is 0 Å². The Morgan fingerprint density at radius 2 is 2.00 bits per heavy atom. The monoisotopic (exact) mass is 319 g/mol. The number of hydrogen-bond acceptors (Lipinski definition) is 4. The summed E-state index contributed by atoms with van der Waals surface area (Å²) in [6, 6.07) is 2.86. The Labute approximate surface area is 136 Å². The molecule has 5 heteroatoms. The number of hydrogen-bond donors (Lipinski definition) is 1. The second-order valence-electron chi connectivity index (χ2n) is 6.74. The molecule has 2 fully saturated rings. The van der Waals surface area contributed by atoms with Crippen LogP contribution in [-0.2, 0) is 12.8 Å². The van der Waals surface area contributed by atoms with E-state index in [9.17, 15) is 4.79 Å². The molecule has 3 heterocycles. The van der Waals surface area contributed by atoms with Crippen LogP contribution in [-0.4, -0.2) is 61.0 Å². The number of piperazine rings is 1. The molecule has 2 aliphatic heterocycles. The van der Waals surface area contributed by atoms with Crippen molar-refractivity contribution < 1.29 is 4.79 Å². The number of amides is 1. The number of nitrogens with zero attached hydrogens (tertiary/aromatic N) is 2. The van der Waals surface area contributed by atoms with Gasteiger partial charge >= 0.3 is 0 Å². The van der Waals surface area contributed by atoms with Crippen LogP contribution in [0.1, 0.15) is 39.4 Å². The molecule has 0 aromatic carbocycles. The number of fused-ring (bicyclic) bond motifs is 1. The third-order valence-electron chi connectivity index (χ3n) is 5.36. The van der Waals surface area contributed by atoms with Crippen LogP contribution in [0, 0.1) is 0 Å². The highest BCUT2D eigenvalue weighted by Gasteiger charge is 2.29. The fourth-order valence-electron chi connectivity index (χ4n) is 3.99. The molecule has 1 aromatic rings. The van der Waals surface area contributed by atoms with E-state index in [-0.39, 0.29) is 5.91 Å². The predicted octanol–water partition coefficient (Wildman–Crippen LogP) is 1.75. The molecule has 1 aromatic heterocycles. The van der Waals surface area contributed by atoms with Crippen LogP contribution in [0.25, 0.3) is 0 Å². The lowest BCUT2D eigenvalue weighted by molar-refractivity contribution is 0.0588. The molecule has 4 nitrogen and oxygen atoms in total. The first kappa shape index (κ1) is 14.7. The molecule has 2 saturated heterocycles. The van der Waals surface area contributed by atoms with E-state index >= 15 is 0 Å². The Morgan fingerprint density at radius 3 is 2.73 bits per heavy atom. The van der Waals surface area contributed by atoms with Crippen molar-refractivity contribution in [2.75, 3.05) is 39.3 Å². The third kappa shape index (κ3) is 2.82. The van der Waals surface area contributed by atoms with E-state index in [1.165, 1.54) is 42.5 Å². The molecule has 0 spiro atoms. The molecule has 120 valence electrons. The summed E-state index contributed by atoms with van der Waals surface area (Å²) in [4.78, 5) is 19.8. The lowest BCUT2D eigenvalue weighted by Gasteiger charge is -2.37. The highest BCUT2D eigenvalue weighted by Crippen LogP contribution is 2.30. The van der Waals surface area contributed by atoms with Gasteiger partial charge in [-0.05, 0) is 50.3 Å². The molecule has 1 N–H and O–H groups in total. The second-order valence-corrected chi connectivity index (χ2v) is 7.88. The first-order chi connectivity index (χ1) is 10.8. The van der Waals surface area contributed by atoms with Gasteiger partial charge < -0.3 is 10.2 Å². The Balaban J connectivity index is 1.38. The summed E-state index contributed by atoms with van der Waals surface area (Å²) in [6.07, 6.45) is 6.17. The Morgan fingerprint density at radius 1 is 1.18 bits per heavy atom. The second kappa shape index (κ2) is 6.30. The minimum absolute atomic E-state index is 0.267. The van der Waals surface area contributed by atoms with Gasteiger partial charge in [-0.1, -0.05) is 0 Å².